The van der Waals surface area contributed by atoms with E-state index in [0.29, 0.717) is 23.5 Å². The third kappa shape index (κ3) is 3.49. The van der Waals surface area contributed by atoms with Crippen molar-refractivity contribution in [3.05, 3.63) is 54.0 Å². The van der Waals surface area contributed by atoms with Gasteiger partial charge in [0.15, 0.2) is 11.5 Å². The fraction of sp³-hybridized carbons (Fsp3) is 0.389. The number of hydrogen-bond donors (Lipinski definition) is 1. The second-order valence-corrected chi connectivity index (χ2v) is 5.98. The Kier molecular flexibility index (Phi) is 4.84. The quantitative estimate of drug-likeness (QED) is 0.941. The van der Waals surface area contributed by atoms with E-state index in [1.54, 1.807) is 12.4 Å². The molecule has 23 heavy (non-hydrogen) atoms. The maximum absolute atomic E-state index is 9.13. The first-order valence-electron chi connectivity index (χ1n) is 7.99. The highest BCUT2D eigenvalue weighted by atomic mass is 15.1. The van der Waals surface area contributed by atoms with E-state index in [-0.39, 0.29) is 0 Å². The van der Waals surface area contributed by atoms with E-state index in [4.69, 9.17) is 5.26 Å². The van der Waals surface area contributed by atoms with Crippen LogP contribution in [0.1, 0.15) is 30.1 Å². The lowest BCUT2D eigenvalue weighted by atomic mass is 9.85. The number of aromatic nitrogens is 2. The molecule has 3 rings (SSSR count). The van der Waals surface area contributed by atoms with Crippen LogP contribution in [0.5, 0.6) is 0 Å². The molecule has 5 heteroatoms. The van der Waals surface area contributed by atoms with E-state index < -0.39 is 0 Å². The van der Waals surface area contributed by atoms with Crippen LogP contribution in [0.2, 0.25) is 0 Å². The summed E-state index contributed by atoms with van der Waals surface area (Å²) < 4.78 is 0. The van der Waals surface area contributed by atoms with Gasteiger partial charge in [-0.3, -0.25) is 4.90 Å². The topological polar surface area (TPSA) is 64.8 Å². The lowest BCUT2D eigenvalue weighted by Gasteiger charge is -2.39. The predicted molar refractivity (Wildman–Crippen MR) is 89.8 cm³/mol. The van der Waals surface area contributed by atoms with E-state index in [1.165, 1.54) is 18.4 Å². The van der Waals surface area contributed by atoms with Crippen LogP contribution in [0.4, 0.5) is 5.82 Å². The van der Waals surface area contributed by atoms with Gasteiger partial charge in [-0.2, -0.15) is 5.26 Å². The summed E-state index contributed by atoms with van der Waals surface area (Å²) in [6, 6.07) is 13.1. The number of nitrogens with zero attached hydrogens (tertiary/aromatic N) is 4. The van der Waals surface area contributed by atoms with Crippen LogP contribution in [-0.4, -0.2) is 35.0 Å². The number of likely N-dealkylation sites (tertiary alicyclic amines) is 1. The molecule has 2 atom stereocenters. The summed E-state index contributed by atoms with van der Waals surface area (Å²) in [5, 5.41) is 12.5. The molecule has 118 valence electrons. The lowest BCUT2D eigenvalue weighted by molar-refractivity contribution is 0.128. The predicted octanol–water partition coefficient (Wildman–Crippen LogP) is 2.84. The molecule has 2 heterocycles. The van der Waals surface area contributed by atoms with Crippen molar-refractivity contribution in [2.45, 2.75) is 18.9 Å². The van der Waals surface area contributed by atoms with Crippen LogP contribution in [0.25, 0.3) is 0 Å². The summed E-state index contributed by atoms with van der Waals surface area (Å²) in [5.41, 5.74) is 1.70. The molecule has 0 aliphatic carbocycles. The molecule has 1 N–H and O–H groups in total. The molecule has 5 nitrogen and oxygen atoms in total. The molecule has 1 saturated heterocycles. The van der Waals surface area contributed by atoms with Crippen molar-refractivity contribution in [2.75, 3.05) is 25.5 Å². The van der Waals surface area contributed by atoms with Gasteiger partial charge in [-0.15, -0.1) is 0 Å². The van der Waals surface area contributed by atoms with E-state index in [0.717, 1.165) is 13.1 Å². The molecule has 1 aromatic carbocycles. The van der Waals surface area contributed by atoms with Crippen molar-refractivity contribution in [3.8, 4) is 6.07 Å². The first kappa shape index (κ1) is 15.4. The zero-order valence-electron chi connectivity index (χ0n) is 13.3. The van der Waals surface area contributed by atoms with Gasteiger partial charge in [0.1, 0.15) is 6.07 Å². The van der Waals surface area contributed by atoms with Gasteiger partial charge in [-0.1, -0.05) is 30.3 Å². The Morgan fingerprint density at radius 2 is 2.04 bits per heavy atom. The maximum atomic E-state index is 9.13. The van der Waals surface area contributed by atoms with Crippen LogP contribution in [0, 0.1) is 17.2 Å². The highest BCUT2D eigenvalue weighted by molar-refractivity contribution is 5.46. The molecular weight excluding hydrogens is 286 g/mol. The van der Waals surface area contributed by atoms with Gasteiger partial charge < -0.3 is 5.32 Å². The molecule has 1 aliphatic rings. The average Bonchev–Trinajstić information content (AvgIpc) is 2.61. The van der Waals surface area contributed by atoms with E-state index in [2.05, 4.69) is 63.6 Å². The molecule has 1 aliphatic heterocycles. The molecule has 0 spiro atoms. The van der Waals surface area contributed by atoms with Crippen LogP contribution in [0.15, 0.2) is 42.7 Å². The number of benzene rings is 1. The summed E-state index contributed by atoms with van der Waals surface area (Å²) >= 11 is 0. The molecule has 0 saturated carbocycles. The molecule has 2 aromatic rings. The van der Waals surface area contributed by atoms with Gasteiger partial charge in [0.05, 0.1) is 0 Å². The largest absolute Gasteiger partial charge is 0.367 e. The molecule has 1 aromatic heterocycles. The summed E-state index contributed by atoms with van der Waals surface area (Å²) in [4.78, 5) is 10.7. The monoisotopic (exact) mass is 307 g/mol. The third-order valence-electron chi connectivity index (χ3n) is 4.48. The summed E-state index contributed by atoms with van der Waals surface area (Å²) in [5.74, 6) is 1.06. The van der Waals surface area contributed by atoms with Gasteiger partial charge in [-0.05, 0) is 37.9 Å². The van der Waals surface area contributed by atoms with E-state index in [9.17, 15) is 0 Å². The van der Waals surface area contributed by atoms with Gasteiger partial charge in [0, 0.05) is 25.0 Å². The van der Waals surface area contributed by atoms with Crippen molar-refractivity contribution in [1.82, 2.24) is 14.9 Å². The number of nitriles is 1. The second kappa shape index (κ2) is 7.21. The van der Waals surface area contributed by atoms with E-state index >= 15 is 0 Å². The average molecular weight is 307 g/mol. The lowest BCUT2D eigenvalue weighted by Crippen LogP contribution is -2.39. The Hall–Kier alpha value is -2.45. The van der Waals surface area contributed by atoms with Crippen molar-refractivity contribution < 1.29 is 0 Å². The normalized spacial score (nSPS) is 21.6. The molecule has 0 amide bonds. The zero-order chi connectivity index (χ0) is 16.1. The number of hydrogen-bond acceptors (Lipinski definition) is 5. The van der Waals surface area contributed by atoms with Crippen molar-refractivity contribution in [1.29, 1.82) is 5.26 Å². The number of nitrogens with one attached hydrogen (secondary N) is 1. The molecule has 0 bridgehead atoms. The van der Waals surface area contributed by atoms with Gasteiger partial charge in [-0.25, -0.2) is 9.97 Å². The first-order valence-corrected chi connectivity index (χ1v) is 7.99. The maximum Gasteiger partial charge on any atom is 0.182 e. The smallest absolute Gasteiger partial charge is 0.182 e. The van der Waals surface area contributed by atoms with Crippen LogP contribution in [0.3, 0.4) is 0 Å². The Morgan fingerprint density at radius 3 is 2.83 bits per heavy atom. The molecular formula is C18H21N5. The SMILES string of the molecule is CN1CCC[C@@H](CNc2nccnc2C#N)[C@H]1c1ccccc1. The molecule has 0 radical (unpaired) electrons. The van der Waals surface area contributed by atoms with Gasteiger partial charge in [0.25, 0.3) is 0 Å². The fourth-order valence-electron chi connectivity index (χ4n) is 3.43. The Labute approximate surface area is 137 Å². The van der Waals surface area contributed by atoms with Crippen molar-refractivity contribution in [2.24, 2.45) is 5.92 Å². The number of piperidine rings is 1. The minimum absolute atomic E-state index is 0.355. The summed E-state index contributed by atoms with van der Waals surface area (Å²) in [6.07, 6.45) is 5.52. The first-order chi connectivity index (χ1) is 11.3. The standard InChI is InChI=1S/C18H21N5/c1-23-11-5-8-15(17(23)14-6-3-2-4-7-14)13-22-18-16(12-19)20-9-10-21-18/h2-4,6-7,9-10,15,17H,5,8,11,13H2,1H3,(H,21,22)/t15-,17+/m0/s1. The van der Waals surface area contributed by atoms with Crippen LogP contribution >= 0.6 is 0 Å². The van der Waals surface area contributed by atoms with E-state index in [1.807, 2.05) is 0 Å². The van der Waals surface area contributed by atoms with Crippen LogP contribution < -0.4 is 5.32 Å². The highest BCUT2D eigenvalue weighted by Crippen LogP contribution is 2.35. The summed E-state index contributed by atoms with van der Waals surface area (Å²) in [6.45, 7) is 1.90. The fourth-order valence-corrected chi connectivity index (χ4v) is 3.43. The second-order valence-electron chi connectivity index (χ2n) is 5.98. The van der Waals surface area contributed by atoms with Crippen molar-refractivity contribution >= 4 is 5.82 Å². The number of rotatable bonds is 4. The number of anilines is 1. The van der Waals surface area contributed by atoms with Gasteiger partial charge >= 0.3 is 0 Å². The van der Waals surface area contributed by atoms with Gasteiger partial charge in [0.2, 0.25) is 0 Å². The Balaban J connectivity index is 1.76. The third-order valence-corrected chi connectivity index (χ3v) is 4.48. The Bertz CT molecular complexity index is 679. The van der Waals surface area contributed by atoms with Crippen LogP contribution in [-0.2, 0) is 0 Å². The Morgan fingerprint density at radius 1 is 1.26 bits per heavy atom. The minimum Gasteiger partial charge on any atom is -0.367 e. The highest BCUT2D eigenvalue weighted by Gasteiger charge is 2.30. The van der Waals surface area contributed by atoms with Crippen molar-refractivity contribution in [3.63, 3.8) is 0 Å². The molecule has 1 fully saturated rings. The minimum atomic E-state index is 0.355. The molecule has 0 unspecified atom stereocenters. The zero-order valence-corrected chi connectivity index (χ0v) is 13.3. The summed E-state index contributed by atoms with van der Waals surface area (Å²) in [7, 11) is 2.19.